The lowest BCUT2D eigenvalue weighted by atomic mass is 10.0. The van der Waals surface area contributed by atoms with E-state index in [1.54, 1.807) is 15.3 Å². The summed E-state index contributed by atoms with van der Waals surface area (Å²) in [5.74, 6) is 1.54. The summed E-state index contributed by atoms with van der Waals surface area (Å²) >= 11 is 0. The Hall–Kier alpha value is -2.90. The Bertz CT molecular complexity index is 954. The predicted octanol–water partition coefficient (Wildman–Crippen LogP) is 1.22. The molecule has 0 bridgehead atoms. The quantitative estimate of drug-likeness (QED) is 0.564. The van der Waals surface area contributed by atoms with Crippen molar-refractivity contribution in [2.45, 2.75) is 26.2 Å². The van der Waals surface area contributed by atoms with E-state index in [0.29, 0.717) is 12.2 Å². The largest absolute Gasteiger partial charge is 0.252 e. The van der Waals surface area contributed by atoms with Gasteiger partial charge in [0.15, 0.2) is 11.5 Å². The summed E-state index contributed by atoms with van der Waals surface area (Å²) < 4.78 is 3.20. The molecule has 0 aromatic carbocycles. The number of rotatable bonds is 3. The van der Waals surface area contributed by atoms with Gasteiger partial charge >= 0.3 is 0 Å². The summed E-state index contributed by atoms with van der Waals surface area (Å²) in [6.45, 7) is 4.08. The first-order valence-corrected chi connectivity index (χ1v) is 7.04. The van der Waals surface area contributed by atoms with Crippen molar-refractivity contribution in [1.82, 2.24) is 39.4 Å². The number of aromatic nitrogens is 8. The van der Waals surface area contributed by atoms with Crippen LogP contribution in [0.4, 0.5) is 0 Å². The molecule has 8 heteroatoms. The van der Waals surface area contributed by atoms with Crippen molar-refractivity contribution in [3.63, 3.8) is 0 Å². The van der Waals surface area contributed by atoms with Crippen molar-refractivity contribution in [1.29, 1.82) is 0 Å². The summed E-state index contributed by atoms with van der Waals surface area (Å²) in [4.78, 5) is 13.1. The first-order chi connectivity index (χ1) is 10.7. The standard InChI is InChI=1S/C14H14N8/c1-9-5-13-19-12(20-22(13)16-7-9)6-10(2)11-3-4-21-14(18-11)15-8-17-21/h3-5,7-8,10H,6H2,1-2H3. The van der Waals surface area contributed by atoms with Gasteiger partial charge in [-0.15, -0.1) is 9.73 Å². The Balaban J connectivity index is 1.62. The maximum Gasteiger partial charge on any atom is 0.252 e. The summed E-state index contributed by atoms with van der Waals surface area (Å²) in [5, 5.41) is 12.7. The van der Waals surface area contributed by atoms with Crippen LogP contribution in [0.5, 0.6) is 0 Å². The van der Waals surface area contributed by atoms with E-state index in [1.807, 2.05) is 25.3 Å². The highest BCUT2D eigenvalue weighted by Crippen LogP contribution is 2.17. The summed E-state index contributed by atoms with van der Waals surface area (Å²) in [5.41, 5.74) is 2.78. The van der Waals surface area contributed by atoms with Crippen LogP contribution in [0.15, 0.2) is 30.9 Å². The maximum absolute atomic E-state index is 4.52. The topological polar surface area (TPSA) is 86.2 Å². The van der Waals surface area contributed by atoms with Crippen LogP contribution in [0.25, 0.3) is 11.4 Å². The molecule has 0 saturated heterocycles. The third kappa shape index (κ3) is 2.18. The van der Waals surface area contributed by atoms with Gasteiger partial charge in [0.2, 0.25) is 0 Å². The maximum atomic E-state index is 4.52. The van der Waals surface area contributed by atoms with Crippen molar-refractivity contribution in [3.8, 4) is 0 Å². The fourth-order valence-corrected chi connectivity index (χ4v) is 2.39. The summed E-state index contributed by atoms with van der Waals surface area (Å²) in [6.07, 6.45) is 5.83. The van der Waals surface area contributed by atoms with Gasteiger partial charge in [-0.05, 0) is 24.6 Å². The number of fused-ring (bicyclic) bond motifs is 2. The molecule has 0 amide bonds. The van der Waals surface area contributed by atoms with E-state index < -0.39 is 0 Å². The van der Waals surface area contributed by atoms with Gasteiger partial charge < -0.3 is 0 Å². The van der Waals surface area contributed by atoms with Gasteiger partial charge in [0.05, 0.1) is 6.20 Å². The fourth-order valence-electron chi connectivity index (χ4n) is 2.39. The summed E-state index contributed by atoms with van der Waals surface area (Å²) in [7, 11) is 0. The average Bonchev–Trinajstić information content (AvgIpc) is 3.11. The van der Waals surface area contributed by atoms with Crippen molar-refractivity contribution >= 4 is 11.4 Å². The molecule has 110 valence electrons. The molecule has 22 heavy (non-hydrogen) atoms. The van der Waals surface area contributed by atoms with E-state index in [4.69, 9.17) is 0 Å². The highest BCUT2D eigenvalue weighted by atomic mass is 15.4. The molecule has 0 radical (unpaired) electrons. The van der Waals surface area contributed by atoms with Gasteiger partial charge in [-0.1, -0.05) is 6.92 Å². The zero-order valence-electron chi connectivity index (χ0n) is 12.2. The minimum absolute atomic E-state index is 0.181. The minimum atomic E-state index is 0.181. The molecule has 0 aliphatic heterocycles. The van der Waals surface area contributed by atoms with Crippen LogP contribution in [0, 0.1) is 6.92 Å². The van der Waals surface area contributed by atoms with E-state index >= 15 is 0 Å². The van der Waals surface area contributed by atoms with Gasteiger partial charge in [0.25, 0.3) is 5.78 Å². The van der Waals surface area contributed by atoms with Crippen LogP contribution < -0.4 is 0 Å². The van der Waals surface area contributed by atoms with E-state index in [-0.39, 0.29) is 5.92 Å². The highest BCUT2D eigenvalue weighted by Gasteiger charge is 2.13. The van der Waals surface area contributed by atoms with E-state index in [9.17, 15) is 0 Å². The first-order valence-electron chi connectivity index (χ1n) is 7.04. The molecule has 0 N–H and O–H groups in total. The molecule has 4 heterocycles. The van der Waals surface area contributed by atoms with Gasteiger partial charge in [-0.3, -0.25) is 0 Å². The van der Waals surface area contributed by atoms with Crippen LogP contribution >= 0.6 is 0 Å². The average molecular weight is 294 g/mol. The van der Waals surface area contributed by atoms with Gasteiger partial charge in [0, 0.05) is 24.2 Å². The second-order valence-electron chi connectivity index (χ2n) is 5.37. The first kappa shape index (κ1) is 12.8. The molecule has 0 aliphatic rings. The Morgan fingerprint density at radius 2 is 2.14 bits per heavy atom. The van der Waals surface area contributed by atoms with E-state index in [1.165, 1.54) is 6.33 Å². The molecule has 1 atom stereocenters. The highest BCUT2D eigenvalue weighted by molar-refractivity contribution is 5.38. The molecule has 0 fully saturated rings. The molecule has 8 nitrogen and oxygen atoms in total. The molecule has 4 aromatic rings. The number of nitrogens with zero attached hydrogens (tertiary/aromatic N) is 8. The Morgan fingerprint density at radius 1 is 1.23 bits per heavy atom. The van der Waals surface area contributed by atoms with Crippen LogP contribution in [0.2, 0.25) is 0 Å². The van der Waals surface area contributed by atoms with Crippen molar-refractivity contribution in [2.24, 2.45) is 0 Å². The molecule has 0 saturated carbocycles. The third-order valence-electron chi connectivity index (χ3n) is 3.55. The lowest BCUT2D eigenvalue weighted by Crippen LogP contribution is -2.05. The SMILES string of the molecule is Cc1cnn2nc(CC(C)c3ccn4ncnc4n3)nc2c1. The Morgan fingerprint density at radius 3 is 3.05 bits per heavy atom. The van der Waals surface area contributed by atoms with Gasteiger partial charge in [0.1, 0.15) is 6.33 Å². The number of aryl methyl sites for hydroxylation is 1. The van der Waals surface area contributed by atoms with Crippen molar-refractivity contribution in [3.05, 3.63) is 47.9 Å². The molecule has 4 aromatic heterocycles. The zero-order chi connectivity index (χ0) is 15.1. The number of hydrogen-bond donors (Lipinski definition) is 0. The predicted molar refractivity (Wildman–Crippen MR) is 78.4 cm³/mol. The smallest absolute Gasteiger partial charge is 0.216 e. The van der Waals surface area contributed by atoms with Crippen molar-refractivity contribution in [2.75, 3.05) is 0 Å². The van der Waals surface area contributed by atoms with Gasteiger partial charge in [-0.2, -0.15) is 15.2 Å². The zero-order valence-corrected chi connectivity index (χ0v) is 12.2. The molecule has 4 rings (SSSR count). The molecular formula is C14H14N8. The Kier molecular flexibility index (Phi) is 2.81. The van der Waals surface area contributed by atoms with Crippen LogP contribution in [0.1, 0.15) is 29.9 Å². The van der Waals surface area contributed by atoms with Gasteiger partial charge in [-0.25, -0.2) is 14.5 Å². The fraction of sp³-hybridized carbons (Fsp3) is 0.286. The molecule has 1 unspecified atom stereocenters. The normalized spacial score (nSPS) is 13.0. The van der Waals surface area contributed by atoms with Crippen LogP contribution in [0.3, 0.4) is 0 Å². The van der Waals surface area contributed by atoms with Crippen molar-refractivity contribution < 1.29 is 0 Å². The van der Waals surface area contributed by atoms with Crippen LogP contribution in [-0.2, 0) is 6.42 Å². The van der Waals surface area contributed by atoms with E-state index in [0.717, 1.165) is 22.7 Å². The lowest BCUT2D eigenvalue weighted by molar-refractivity contribution is 0.678. The second-order valence-corrected chi connectivity index (χ2v) is 5.37. The molecule has 0 spiro atoms. The molecule has 0 aliphatic carbocycles. The minimum Gasteiger partial charge on any atom is -0.216 e. The monoisotopic (exact) mass is 294 g/mol. The van der Waals surface area contributed by atoms with E-state index in [2.05, 4.69) is 37.2 Å². The second kappa shape index (κ2) is 4.83. The third-order valence-corrected chi connectivity index (χ3v) is 3.55. The summed E-state index contributed by atoms with van der Waals surface area (Å²) in [6, 6.07) is 3.92. The van der Waals surface area contributed by atoms with Crippen LogP contribution in [-0.4, -0.2) is 39.4 Å². The lowest BCUT2D eigenvalue weighted by Gasteiger charge is -2.07. The number of hydrogen-bond acceptors (Lipinski definition) is 6. The Labute approximate surface area is 125 Å². The molecular weight excluding hydrogens is 280 g/mol.